The van der Waals surface area contributed by atoms with Crippen LogP contribution in [0, 0.1) is 0 Å². The van der Waals surface area contributed by atoms with E-state index in [2.05, 4.69) is 10.3 Å². The second kappa shape index (κ2) is 5.20. The number of aryl methyl sites for hydroxylation is 1. The average Bonchev–Trinajstić information content (AvgIpc) is 2.19. The Bertz CT molecular complexity index is 549. The maximum absolute atomic E-state index is 11.7. The van der Waals surface area contributed by atoms with Gasteiger partial charge in [-0.3, -0.25) is 19.1 Å². The van der Waals surface area contributed by atoms with E-state index in [9.17, 15) is 14.4 Å². The summed E-state index contributed by atoms with van der Waals surface area (Å²) in [6, 6.07) is 0. The van der Waals surface area contributed by atoms with Crippen LogP contribution in [0.1, 0.15) is 33.3 Å². The van der Waals surface area contributed by atoms with Crippen LogP contribution in [0.4, 0.5) is 0 Å². The summed E-state index contributed by atoms with van der Waals surface area (Å²) in [5.74, 6) is -0.265. The van der Waals surface area contributed by atoms with E-state index < -0.39 is 11.2 Å². The average molecular weight is 253 g/mol. The molecule has 2 N–H and O–H groups in total. The molecule has 0 fully saturated rings. The van der Waals surface area contributed by atoms with Crippen molar-refractivity contribution < 1.29 is 4.79 Å². The lowest BCUT2D eigenvalue weighted by Crippen LogP contribution is -2.44. The van der Waals surface area contributed by atoms with E-state index in [1.165, 1.54) is 10.8 Å². The summed E-state index contributed by atoms with van der Waals surface area (Å²) in [7, 11) is 0. The van der Waals surface area contributed by atoms with E-state index >= 15 is 0 Å². The topological polar surface area (TPSA) is 84.0 Å². The molecule has 0 atom stereocenters. The van der Waals surface area contributed by atoms with Crippen molar-refractivity contribution in [3.63, 3.8) is 0 Å². The highest BCUT2D eigenvalue weighted by atomic mass is 16.2. The minimum atomic E-state index is -0.568. The monoisotopic (exact) mass is 253 g/mol. The Morgan fingerprint density at radius 3 is 2.50 bits per heavy atom. The summed E-state index contributed by atoms with van der Waals surface area (Å²) in [4.78, 5) is 36.8. The van der Waals surface area contributed by atoms with Crippen LogP contribution in [0.25, 0.3) is 0 Å². The summed E-state index contributed by atoms with van der Waals surface area (Å²) >= 11 is 0. The fourth-order valence-corrected chi connectivity index (χ4v) is 1.54. The summed E-state index contributed by atoms with van der Waals surface area (Å²) in [5.41, 5.74) is -0.828. The molecule has 1 heterocycles. The molecule has 0 aliphatic carbocycles. The lowest BCUT2D eigenvalue weighted by molar-refractivity contribution is -0.123. The molecule has 6 heteroatoms. The molecule has 100 valence electrons. The predicted octanol–water partition coefficient (Wildman–Crippen LogP) is 0.0137. The third-order valence-corrected chi connectivity index (χ3v) is 2.29. The number of hydrogen-bond donors (Lipinski definition) is 2. The smallest absolute Gasteiger partial charge is 0.328 e. The van der Waals surface area contributed by atoms with E-state index in [0.717, 1.165) is 0 Å². The molecule has 0 aliphatic heterocycles. The van der Waals surface area contributed by atoms with E-state index in [1.54, 1.807) is 0 Å². The molecule has 0 radical (unpaired) electrons. The third-order valence-electron chi connectivity index (χ3n) is 2.29. The van der Waals surface area contributed by atoms with Crippen LogP contribution in [-0.4, -0.2) is 21.0 Å². The van der Waals surface area contributed by atoms with Crippen LogP contribution >= 0.6 is 0 Å². The van der Waals surface area contributed by atoms with Gasteiger partial charge in [0.05, 0.1) is 0 Å². The van der Waals surface area contributed by atoms with Crippen molar-refractivity contribution in [3.8, 4) is 0 Å². The van der Waals surface area contributed by atoms with Crippen LogP contribution in [0.3, 0.4) is 0 Å². The van der Waals surface area contributed by atoms with Crippen LogP contribution < -0.4 is 16.6 Å². The van der Waals surface area contributed by atoms with Gasteiger partial charge in [-0.05, 0) is 27.2 Å². The Morgan fingerprint density at radius 1 is 1.39 bits per heavy atom. The number of H-pyrrole nitrogens is 1. The van der Waals surface area contributed by atoms with E-state index in [4.69, 9.17) is 0 Å². The van der Waals surface area contributed by atoms with Crippen molar-refractivity contribution in [2.24, 2.45) is 0 Å². The van der Waals surface area contributed by atoms with E-state index in [0.29, 0.717) is 12.0 Å². The normalized spacial score (nSPS) is 11.3. The molecule has 0 saturated carbocycles. The quantitative estimate of drug-likeness (QED) is 0.796. The molecule has 18 heavy (non-hydrogen) atoms. The Hall–Kier alpha value is -1.85. The summed E-state index contributed by atoms with van der Waals surface area (Å²) in [6.07, 6.45) is 1.94. The highest BCUT2D eigenvalue weighted by Gasteiger charge is 2.14. The zero-order valence-corrected chi connectivity index (χ0v) is 11.2. The standard InChI is InChI=1S/C12H19N3O3/c1-5-8-6-15(11(18)13-10(8)17)7-9(16)14-12(2,3)4/h6H,5,7H2,1-4H3,(H,14,16)(H,13,17,18). The molecule has 0 unspecified atom stereocenters. The molecular formula is C12H19N3O3. The molecule has 1 aromatic rings. The molecule has 1 amide bonds. The van der Waals surface area contributed by atoms with Gasteiger partial charge in [0.1, 0.15) is 6.54 Å². The number of carbonyl (C=O) groups excluding carboxylic acids is 1. The van der Waals surface area contributed by atoms with Crippen LogP contribution in [0.5, 0.6) is 0 Å². The van der Waals surface area contributed by atoms with Crippen molar-refractivity contribution in [1.29, 1.82) is 0 Å². The fraction of sp³-hybridized carbons (Fsp3) is 0.583. The first-order valence-corrected chi connectivity index (χ1v) is 5.86. The van der Waals surface area contributed by atoms with Crippen molar-refractivity contribution in [1.82, 2.24) is 14.9 Å². The fourth-order valence-electron chi connectivity index (χ4n) is 1.54. The molecule has 6 nitrogen and oxygen atoms in total. The summed E-state index contributed by atoms with van der Waals surface area (Å²) in [6.45, 7) is 7.29. The van der Waals surface area contributed by atoms with Gasteiger partial charge in [-0.25, -0.2) is 4.79 Å². The number of hydrogen-bond acceptors (Lipinski definition) is 3. The van der Waals surface area contributed by atoms with Gasteiger partial charge in [-0.2, -0.15) is 0 Å². The van der Waals surface area contributed by atoms with E-state index in [1.807, 2.05) is 27.7 Å². The second-order valence-electron chi connectivity index (χ2n) is 5.19. The molecule has 1 aromatic heterocycles. The first-order valence-electron chi connectivity index (χ1n) is 5.86. The Balaban J connectivity index is 2.95. The molecule has 1 rings (SSSR count). The minimum Gasteiger partial charge on any atom is -0.350 e. The van der Waals surface area contributed by atoms with Crippen LogP contribution in [0.2, 0.25) is 0 Å². The highest BCUT2D eigenvalue weighted by Crippen LogP contribution is 1.98. The maximum atomic E-state index is 11.7. The van der Waals surface area contributed by atoms with Gasteiger partial charge >= 0.3 is 5.69 Å². The number of carbonyl (C=O) groups is 1. The van der Waals surface area contributed by atoms with Gasteiger partial charge in [-0.15, -0.1) is 0 Å². The first kappa shape index (κ1) is 14.2. The van der Waals surface area contributed by atoms with Gasteiger partial charge in [0.2, 0.25) is 5.91 Å². The lowest BCUT2D eigenvalue weighted by atomic mass is 10.1. The van der Waals surface area contributed by atoms with Crippen molar-refractivity contribution >= 4 is 5.91 Å². The third kappa shape index (κ3) is 3.87. The number of aromatic nitrogens is 2. The number of nitrogens with one attached hydrogen (secondary N) is 2. The van der Waals surface area contributed by atoms with Crippen molar-refractivity contribution in [2.75, 3.05) is 0 Å². The number of aromatic amines is 1. The van der Waals surface area contributed by atoms with Crippen LogP contribution in [0.15, 0.2) is 15.8 Å². The molecule has 0 aromatic carbocycles. The maximum Gasteiger partial charge on any atom is 0.328 e. The van der Waals surface area contributed by atoms with E-state index in [-0.39, 0.29) is 18.0 Å². The zero-order valence-electron chi connectivity index (χ0n) is 11.2. The Kier molecular flexibility index (Phi) is 4.11. The van der Waals surface area contributed by atoms with Gasteiger partial charge in [0, 0.05) is 17.3 Å². The first-order chi connectivity index (χ1) is 8.23. The van der Waals surface area contributed by atoms with Crippen molar-refractivity contribution in [2.45, 2.75) is 46.2 Å². The lowest BCUT2D eigenvalue weighted by Gasteiger charge is -2.20. The second-order valence-corrected chi connectivity index (χ2v) is 5.19. The zero-order chi connectivity index (χ0) is 13.9. The van der Waals surface area contributed by atoms with Gasteiger partial charge < -0.3 is 5.32 Å². The van der Waals surface area contributed by atoms with Crippen LogP contribution in [-0.2, 0) is 17.8 Å². The minimum absolute atomic E-state index is 0.0973. The predicted molar refractivity (Wildman–Crippen MR) is 68.6 cm³/mol. The largest absolute Gasteiger partial charge is 0.350 e. The van der Waals surface area contributed by atoms with Gasteiger partial charge in [0.25, 0.3) is 5.56 Å². The number of amides is 1. The van der Waals surface area contributed by atoms with Gasteiger partial charge in [-0.1, -0.05) is 6.92 Å². The molecule has 0 spiro atoms. The van der Waals surface area contributed by atoms with Crippen molar-refractivity contribution in [3.05, 3.63) is 32.6 Å². The van der Waals surface area contributed by atoms with Gasteiger partial charge in [0.15, 0.2) is 0 Å². The molecule has 0 bridgehead atoms. The Morgan fingerprint density at radius 2 is 2.00 bits per heavy atom. The highest BCUT2D eigenvalue weighted by molar-refractivity contribution is 5.76. The number of rotatable bonds is 3. The summed E-state index contributed by atoms with van der Waals surface area (Å²) in [5, 5.41) is 2.76. The number of nitrogens with zero attached hydrogens (tertiary/aromatic N) is 1. The molecule has 0 aliphatic rings. The molecular weight excluding hydrogens is 234 g/mol. The Labute approximate surface area is 105 Å². The SMILES string of the molecule is CCc1cn(CC(=O)NC(C)(C)C)c(=O)[nH]c1=O. The summed E-state index contributed by atoms with van der Waals surface area (Å²) < 4.78 is 1.21. The molecule has 0 saturated heterocycles.